The van der Waals surface area contributed by atoms with E-state index in [9.17, 15) is 18.7 Å². The van der Waals surface area contributed by atoms with Gasteiger partial charge in [0.15, 0.2) is 0 Å². The average molecular weight is 427 g/mol. The number of carbonyl (C=O) groups excluding carboxylic acids is 1. The highest BCUT2D eigenvalue weighted by Gasteiger charge is 2.46. The van der Waals surface area contributed by atoms with Crippen molar-refractivity contribution in [2.45, 2.75) is 82.3 Å². The van der Waals surface area contributed by atoms with Crippen molar-refractivity contribution in [1.29, 1.82) is 0 Å². The fraction of sp³-hybridized carbons (Fsp3) is 0.682. The molecule has 1 aliphatic heterocycles. The number of benzene rings is 1. The average Bonchev–Trinajstić information content (AvgIpc) is 2.64. The molecule has 0 aromatic heterocycles. The monoisotopic (exact) mass is 426 g/mol. The molecule has 0 bridgehead atoms. The van der Waals surface area contributed by atoms with Gasteiger partial charge in [-0.25, -0.2) is 13.6 Å². The summed E-state index contributed by atoms with van der Waals surface area (Å²) >= 11 is 0. The first kappa shape index (κ1) is 22.7. The van der Waals surface area contributed by atoms with Crippen molar-refractivity contribution in [2.75, 3.05) is 13.1 Å². The topological polar surface area (TPSA) is 71.0 Å². The lowest BCUT2D eigenvalue weighted by molar-refractivity contribution is -0.107. The van der Waals surface area contributed by atoms with Crippen LogP contribution in [0.25, 0.3) is 0 Å². The lowest BCUT2D eigenvalue weighted by Crippen LogP contribution is -2.65. The lowest BCUT2D eigenvalue weighted by Gasteiger charge is -2.47. The zero-order valence-corrected chi connectivity index (χ0v) is 17.8. The third kappa shape index (κ3) is 6.04. The smallest absolute Gasteiger partial charge is 0.407 e. The van der Waals surface area contributed by atoms with Crippen molar-refractivity contribution in [3.05, 3.63) is 30.3 Å². The number of carbonyl (C=O) groups is 1. The van der Waals surface area contributed by atoms with Crippen molar-refractivity contribution in [2.24, 2.45) is 0 Å². The van der Waals surface area contributed by atoms with Gasteiger partial charge in [0.1, 0.15) is 23.6 Å². The number of hydrogen-bond donors (Lipinski definition) is 2. The van der Waals surface area contributed by atoms with Gasteiger partial charge in [-0.1, -0.05) is 18.2 Å². The first-order valence-electron chi connectivity index (χ1n) is 10.6. The number of hydrogen-bond acceptors (Lipinski definition) is 5. The first-order chi connectivity index (χ1) is 14.0. The number of likely N-dealkylation sites (tertiary alicyclic amines) is 1. The summed E-state index contributed by atoms with van der Waals surface area (Å²) in [5.41, 5.74) is -0.654. The molecular formula is C22H32F2N2O4. The number of halogens is 2. The Morgan fingerprint density at radius 2 is 1.80 bits per heavy atom. The molecule has 6 nitrogen and oxygen atoms in total. The summed E-state index contributed by atoms with van der Waals surface area (Å²) in [7, 11) is 0. The van der Waals surface area contributed by atoms with E-state index in [1.165, 1.54) is 0 Å². The third-order valence-corrected chi connectivity index (χ3v) is 5.59. The Hall–Kier alpha value is -1.93. The van der Waals surface area contributed by atoms with Crippen LogP contribution in [0.3, 0.4) is 0 Å². The molecular weight excluding hydrogens is 394 g/mol. The fourth-order valence-corrected chi connectivity index (χ4v) is 4.18. The van der Waals surface area contributed by atoms with Gasteiger partial charge in [-0.3, -0.25) is 4.90 Å². The number of alkyl halides is 2. The molecule has 30 heavy (non-hydrogen) atoms. The van der Waals surface area contributed by atoms with Gasteiger partial charge in [0, 0.05) is 25.9 Å². The molecule has 1 saturated carbocycles. The van der Waals surface area contributed by atoms with Gasteiger partial charge >= 0.3 is 6.09 Å². The molecule has 1 amide bonds. The number of aliphatic hydroxyl groups excluding tert-OH is 1. The maximum absolute atomic E-state index is 13.7. The van der Waals surface area contributed by atoms with Crippen molar-refractivity contribution >= 4 is 6.09 Å². The van der Waals surface area contributed by atoms with E-state index in [-0.39, 0.29) is 25.9 Å². The summed E-state index contributed by atoms with van der Waals surface area (Å²) < 4.78 is 38.8. The predicted octanol–water partition coefficient (Wildman–Crippen LogP) is 3.58. The van der Waals surface area contributed by atoms with Crippen molar-refractivity contribution < 1.29 is 28.2 Å². The molecule has 2 fully saturated rings. The van der Waals surface area contributed by atoms with Gasteiger partial charge in [-0.2, -0.15) is 0 Å². The van der Waals surface area contributed by atoms with E-state index in [0.29, 0.717) is 18.6 Å². The van der Waals surface area contributed by atoms with E-state index in [1.54, 1.807) is 20.8 Å². The van der Waals surface area contributed by atoms with E-state index in [2.05, 4.69) is 5.32 Å². The number of ether oxygens (including phenoxy) is 2. The number of rotatable bonds is 4. The zero-order valence-electron chi connectivity index (χ0n) is 17.8. The maximum atomic E-state index is 13.7. The van der Waals surface area contributed by atoms with E-state index >= 15 is 0 Å². The van der Waals surface area contributed by atoms with E-state index in [1.807, 2.05) is 35.2 Å². The van der Waals surface area contributed by atoms with Crippen molar-refractivity contribution in [3.8, 4) is 5.75 Å². The summed E-state index contributed by atoms with van der Waals surface area (Å²) in [6.45, 7) is 5.63. The van der Waals surface area contributed by atoms with Crippen LogP contribution in [0.15, 0.2) is 30.3 Å². The van der Waals surface area contributed by atoms with Crippen molar-refractivity contribution in [1.82, 2.24) is 10.2 Å². The minimum atomic E-state index is -2.69. The van der Waals surface area contributed by atoms with Crippen LogP contribution < -0.4 is 10.1 Å². The summed E-state index contributed by atoms with van der Waals surface area (Å²) in [4.78, 5) is 14.2. The van der Waals surface area contributed by atoms with Gasteiger partial charge in [-0.15, -0.1) is 0 Å². The SMILES string of the molecule is CC(C)(C)OC(=O)N[C@@H]1CC[C@@H](Oc2ccccc2)[C@H](O)[C@H]1N1CCC(F)(F)CC1. The molecule has 4 atom stereocenters. The Bertz CT molecular complexity index is 701. The molecule has 1 aromatic carbocycles. The second kappa shape index (κ2) is 9.06. The number of piperidine rings is 1. The number of nitrogens with zero attached hydrogens (tertiary/aromatic N) is 1. The van der Waals surface area contributed by atoms with E-state index in [4.69, 9.17) is 9.47 Å². The van der Waals surface area contributed by atoms with Crippen LogP contribution in [0.4, 0.5) is 13.6 Å². The molecule has 1 saturated heterocycles. The minimum Gasteiger partial charge on any atom is -0.488 e. The molecule has 0 unspecified atom stereocenters. The van der Waals surface area contributed by atoms with Crippen LogP contribution in [0, 0.1) is 0 Å². The van der Waals surface area contributed by atoms with Crippen LogP contribution in [0.1, 0.15) is 46.5 Å². The van der Waals surface area contributed by atoms with Gasteiger partial charge in [-0.05, 0) is 45.7 Å². The van der Waals surface area contributed by atoms with Crippen LogP contribution in [-0.4, -0.2) is 65.0 Å². The molecule has 1 aromatic rings. The quantitative estimate of drug-likeness (QED) is 0.770. The number of nitrogens with one attached hydrogen (secondary N) is 1. The maximum Gasteiger partial charge on any atom is 0.407 e. The molecule has 1 heterocycles. The summed E-state index contributed by atoms with van der Waals surface area (Å²) in [6.07, 6.45) is -1.46. The van der Waals surface area contributed by atoms with Gasteiger partial charge in [0.2, 0.25) is 0 Å². The van der Waals surface area contributed by atoms with Crippen LogP contribution in [0.2, 0.25) is 0 Å². The summed E-state index contributed by atoms with van der Waals surface area (Å²) in [6, 6.07) is 8.25. The first-order valence-corrected chi connectivity index (χ1v) is 10.6. The standard InChI is InChI=1S/C22H32F2N2O4/c1-21(2,3)30-20(28)25-16-9-10-17(29-15-7-5-4-6-8-15)19(27)18(16)26-13-11-22(23,24)12-14-26/h4-8,16-19,27H,9-14H2,1-3H3,(H,25,28)/t16-,17-,18+,19+/m1/s1. The molecule has 1 aliphatic carbocycles. The largest absolute Gasteiger partial charge is 0.488 e. The molecule has 8 heteroatoms. The molecule has 2 aliphatic rings. The molecule has 168 valence electrons. The zero-order chi connectivity index (χ0) is 21.9. The molecule has 0 spiro atoms. The Labute approximate surface area is 176 Å². The second-order valence-corrected chi connectivity index (χ2v) is 9.17. The Kier molecular flexibility index (Phi) is 6.87. The molecule has 0 radical (unpaired) electrons. The highest BCUT2D eigenvalue weighted by atomic mass is 19.3. The van der Waals surface area contributed by atoms with Crippen LogP contribution in [0.5, 0.6) is 5.75 Å². The summed E-state index contributed by atoms with van der Waals surface area (Å²) in [5.74, 6) is -2.05. The number of aliphatic hydroxyl groups is 1. The fourth-order valence-electron chi connectivity index (χ4n) is 4.18. The summed E-state index contributed by atoms with van der Waals surface area (Å²) in [5, 5.41) is 14.0. The van der Waals surface area contributed by atoms with Crippen LogP contribution >= 0.6 is 0 Å². The normalized spacial score (nSPS) is 29.8. The number of alkyl carbamates (subject to hydrolysis) is 1. The molecule has 2 N–H and O–H groups in total. The highest BCUT2D eigenvalue weighted by Crippen LogP contribution is 2.34. The van der Waals surface area contributed by atoms with Crippen molar-refractivity contribution in [3.63, 3.8) is 0 Å². The predicted molar refractivity (Wildman–Crippen MR) is 109 cm³/mol. The van der Waals surface area contributed by atoms with Crippen LogP contribution in [-0.2, 0) is 4.74 Å². The highest BCUT2D eigenvalue weighted by molar-refractivity contribution is 5.68. The van der Waals surface area contributed by atoms with Gasteiger partial charge in [0.25, 0.3) is 5.92 Å². The van der Waals surface area contributed by atoms with Gasteiger partial charge in [0.05, 0.1) is 12.1 Å². The van der Waals surface area contributed by atoms with E-state index in [0.717, 1.165) is 0 Å². The third-order valence-electron chi connectivity index (χ3n) is 5.59. The Balaban J connectivity index is 1.74. The van der Waals surface area contributed by atoms with Gasteiger partial charge < -0.3 is 19.9 Å². The molecule has 3 rings (SSSR count). The van der Waals surface area contributed by atoms with E-state index < -0.39 is 41.9 Å². The minimum absolute atomic E-state index is 0.152. The Morgan fingerprint density at radius 3 is 2.40 bits per heavy atom. The lowest BCUT2D eigenvalue weighted by atomic mass is 9.83. The number of amides is 1. The Morgan fingerprint density at radius 1 is 1.17 bits per heavy atom. The second-order valence-electron chi connectivity index (χ2n) is 9.17. The number of para-hydroxylation sites is 1.